The van der Waals surface area contributed by atoms with E-state index in [0.29, 0.717) is 10.0 Å². The molecule has 1 aromatic carbocycles. The lowest BCUT2D eigenvalue weighted by atomic mass is 10.2. The van der Waals surface area contributed by atoms with Crippen LogP contribution in [-0.2, 0) is 6.54 Å². The molecule has 0 spiro atoms. The summed E-state index contributed by atoms with van der Waals surface area (Å²) in [7, 11) is 0. The van der Waals surface area contributed by atoms with Gasteiger partial charge in [-0.3, -0.25) is 0 Å². The van der Waals surface area contributed by atoms with Gasteiger partial charge in [-0.05, 0) is 30.7 Å². The van der Waals surface area contributed by atoms with Crippen molar-refractivity contribution >= 4 is 23.2 Å². The van der Waals surface area contributed by atoms with Gasteiger partial charge in [0.15, 0.2) is 0 Å². The minimum absolute atomic E-state index is 0.597. The lowest BCUT2D eigenvalue weighted by Crippen LogP contribution is -2.13. The first kappa shape index (κ1) is 13.3. The van der Waals surface area contributed by atoms with Crippen molar-refractivity contribution in [2.75, 3.05) is 6.54 Å². The smallest absolute Gasteiger partial charge is 0.0595 e. The summed E-state index contributed by atoms with van der Waals surface area (Å²) in [4.78, 5) is 0. The normalized spacial score (nSPS) is 10.9. The molecule has 1 nitrogen and oxygen atoms in total. The van der Waals surface area contributed by atoms with Crippen molar-refractivity contribution in [3.63, 3.8) is 0 Å². The van der Waals surface area contributed by atoms with E-state index in [1.54, 1.807) is 6.08 Å². The molecule has 0 atom stereocenters. The maximum absolute atomic E-state index is 5.91. The van der Waals surface area contributed by atoms with Gasteiger partial charge in [-0.25, -0.2) is 0 Å². The van der Waals surface area contributed by atoms with Crippen LogP contribution in [0.25, 0.3) is 0 Å². The number of halogens is 2. The van der Waals surface area contributed by atoms with Crippen molar-refractivity contribution in [1.82, 2.24) is 5.32 Å². The fraction of sp³-hybridized carbons (Fsp3) is 0.231. The van der Waals surface area contributed by atoms with Gasteiger partial charge in [0, 0.05) is 6.54 Å². The summed E-state index contributed by atoms with van der Waals surface area (Å²) in [6.45, 7) is 5.35. The van der Waals surface area contributed by atoms with Crippen molar-refractivity contribution in [3.05, 3.63) is 58.6 Å². The fourth-order valence-corrected chi connectivity index (χ4v) is 1.58. The van der Waals surface area contributed by atoms with Crippen LogP contribution in [0.2, 0.25) is 10.0 Å². The van der Waals surface area contributed by atoms with Gasteiger partial charge in [0.1, 0.15) is 0 Å². The van der Waals surface area contributed by atoms with Crippen LogP contribution < -0.4 is 5.32 Å². The summed E-state index contributed by atoms with van der Waals surface area (Å²) in [5.41, 5.74) is 1.14. The van der Waals surface area contributed by atoms with Gasteiger partial charge < -0.3 is 5.32 Å². The van der Waals surface area contributed by atoms with Crippen LogP contribution in [0.5, 0.6) is 0 Å². The quantitative estimate of drug-likeness (QED) is 0.593. The Labute approximate surface area is 107 Å². The van der Waals surface area contributed by atoms with E-state index in [-0.39, 0.29) is 0 Å². The minimum Gasteiger partial charge on any atom is -0.312 e. The second-order valence-electron chi connectivity index (χ2n) is 3.38. The Hall–Kier alpha value is -0.760. The molecule has 0 saturated carbocycles. The van der Waals surface area contributed by atoms with Crippen molar-refractivity contribution in [2.24, 2.45) is 0 Å². The van der Waals surface area contributed by atoms with Crippen LogP contribution in [-0.4, -0.2) is 6.54 Å². The molecule has 0 amide bonds. The number of benzene rings is 1. The molecule has 3 heteroatoms. The Kier molecular flexibility index (Phi) is 6.24. The molecule has 0 aliphatic rings. The molecule has 1 N–H and O–H groups in total. The second kappa shape index (κ2) is 7.50. The molecule has 0 aromatic heterocycles. The third-order valence-corrected chi connectivity index (χ3v) is 2.81. The minimum atomic E-state index is 0.597. The highest BCUT2D eigenvalue weighted by Crippen LogP contribution is 2.22. The SMILES string of the molecule is C=C/C=C/CCNCc1ccc(Cl)c(Cl)c1. The first-order chi connectivity index (χ1) is 7.74. The standard InChI is InChI=1S/C13H15Cl2N/c1-2-3-4-5-8-16-10-11-6-7-12(14)13(15)9-11/h2-4,6-7,9,16H,1,5,8,10H2/b4-3+. The van der Waals surface area contributed by atoms with Gasteiger partial charge >= 0.3 is 0 Å². The maximum atomic E-state index is 5.91. The second-order valence-corrected chi connectivity index (χ2v) is 4.19. The fourth-order valence-electron chi connectivity index (χ4n) is 1.26. The lowest BCUT2D eigenvalue weighted by molar-refractivity contribution is 0.695. The average molecular weight is 256 g/mol. The largest absolute Gasteiger partial charge is 0.312 e. The van der Waals surface area contributed by atoms with Gasteiger partial charge in [0.25, 0.3) is 0 Å². The molecule has 0 heterocycles. The molecule has 0 aliphatic carbocycles. The summed E-state index contributed by atoms with van der Waals surface area (Å²) >= 11 is 11.7. The summed E-state index contributed by atoms with van der Waals surface area (Å²) in [5, 5.41) is 4.52. The molecule has 0 unspecified atom stereocenters. The monoisotopic (exact) mass is 255 g/mol. The van der Waals surface area contributed by atoms with Crippen LogP contribution in [0.15, 0.2) is 43.0 Å². The third kappa shape index (κ3) is 4.84. The first-order valence-electron chi connectivity index (χ1n) is 5.16. The van der Waals surface area contributed by atoms with E-state index in [1.165, 1.54) is 0 Å². The summed E-state index contributed by atoms with van der Waals surface area (Å²) in [6, 6.07) is 5.68. The molecule has 86 valence electrons. The number of hydrogen-bond donors (Lipinski definition) is 1. The van der Waals surface area contributed by atoms with E-state index in [0.717, 1.165) is 25.1 Å². The van der Waals surface area contributed by atoms with Gasteiger partial charge in [-0.15, -0.1) is 0 Å². The number of allylic oxidation sites excluding steroid dienone is 2. The number of hydrogen-bond acceptors (Lipinski definition) is 1. The highest BCUT2D eigenvalue weighted by molar-refractivity contribution is 6.42. The number of nitrogens with one attached hydrogen (secondary N) is 1. The van der Waals surface area contributed by atoms with Gasteiger partial charge in [-0.1, -0.05) is 54.1 Å². The zero-order valence-electron chi connectivity index (χ0n) is 9.05. The third-order valence-electron chi connectivity index (χ3n) is 2.07. The summed E-state index contributed by atoms with van der Waals surface area (Å²) in [5.74, 6) is 0. The van der Waals surface area contributed by atoms with E-state index in [9.17, 15) is 0 Å². The van der Waals surface area contributed by atoms with Crippen LogP contribution in [0, 0.1) is 0 Å². The van der Waals surface area contributed by atoms with Crippen molar-refractivity contribution in [3.8, 4) is 0 Å². The number of rotatable bonds is 6. The Morgan fingerprint density at radius 2 is 2.06 bits per heavy atom. The lowest BCUT2D eigenvalue weighted by Gasteiger charge is -2.04. The molecular formula is C13H15Cl2N. The molecule has 16 heavy (non-hydrogen) atoms. The van der Waals surface area contributed by atoms with E-state index >= 15 is 0 Å². The predicted octanol–water partition coefficient (Wildman–Crippen LogP) is 4.22. The molecule has 0 saturated heterocycles. The van der Waals surface area contributed by atoms with Crippen molar-refractivity contribution < 1.29 is 0 Å². The van der Waals surface area contributed by atoms with E-state index in [2.05, 4.69) is 18.0 Å². The molecule has 0 bridgehead atoms. The Morgan fingerprint density at radius 1 is 1.25 bits per heavy atom. The van der Waals surface area contributed by atoms with E-state index < -0.39 is 0 Å². The van der Waals surface area contributed by atoms with Crippen molar-refractivity contribution in [2.45, 2.75) is 13.0 Å². The first-order valence-corrected chi connectivity index (χ1v) is 5.92. The average Bonchev–Trinajstić information content (AvgIpc) is 2.28. The molecule has 0 aliphatic heterocycles. The molecule has 0 radical (unpaired) electrons. The summed E-state index contributed by atoms with van der Waals surface area (Å²) < 4.78 is 0. The Bertz CT molecular complexity index is 372. The van der Waals surface area contributed by atoms with E-state index in [1.807, 2.05) is 24.3 Å². The topological polar surface area (TPSA) is 12.0 Å². The Morgan fingerprint density at radius 3 is 2.75 bits per heavy atom. The van der Waals surface area contributed by atoms with Gasteiger partial charge in [0.05, 0.1) is 10.0 Å². The zero-order valence-corrected chi connectivity index (χ0v) is 10.6. The zero-order chi connectivity index (χ0) is 11.8. The van der Waals surface area contributed by atoms with Gasteiger partial charge in [0.2, 0.25) is 0 Å². The molecule has 1 rings (SSSR count). The van der Waals surface area contributed by atoms with Crippen LogP contribution >= 0.6 is 23.2 Å². The Balaban J connectivity index is 2.29. The predicted molar refractivity (Wildman–Crippen MR) is 72.1 cm³/mol. The van der Waals surface area contributed by atoms with Crippen LogP contribution in [0.3, 0.4) is 0 Å². The highest BCUT2D eigenvalue weighted by Gasteiger charge is 1.98. The highest BCUT2D eigenvalue weighted by atomic mass is 35.5. The van der Waals surface area contributed by atoms with Crippen LogP contribution in [0.1, 0.15) is 12.0 Å². The molecule has 0 fully saturated rings. The maximum Gasteiger partial charge on any atom is 0.0595 e. The van der Waals surface area contributed by atoms with Gasteiger partial charge in [-0.2, -0.15) is 0 Å². The van der Waals surface area contributed by atoms with Crippen molar-refractivity contribution in [1.29, 1.82) is 0 Å². The molecule has 1 aromatic rings. The summed E-state index contributed by atoms with van der Waals surface area (Å²) in [6.07, 6.45) is 6.79. The van der Waals surface area contributed by atoms with Crippen LogP contribution in [0.4, 0.5) is 0 Å². The van der Waals surface area contributed by atoms with E-state index in [4.69, 9.17) is 23.2 Å². The molecular weight excluding hydrogens is 241 g/mol.